The molecule has 1 aliphatic rings. The predicted molar refractivity (Wildman–Crippen MR) is 127 cm³/mol. The monoisotopic (exact) mass is 483 g/mol. The minimum absolute atomic E-state index is 0.168. The fourth-order valence-corrected chi connectivity index (χ4v) is 5.04. The van der Waals surface area contributed by atoms with Crippen LogP contribution in [0.2, 0.25) is 0 Å². The van der Waals surface area contributed by atoms with Crippen LogP contribution < -0.4 is 19.7 Å². The highest BCUT2D eigenvalue weighted by Crippen LogP contribution is 2.24. The zero-order valence-electron chi connectivity index (χ0n) is 18.8. The topological polar surface area (TPSA) is 114 Å². The SMILES string of the molecule is COc1cc(OC)cc(C(=O)Nc2ccc(S(=O)(=O)N3CCN(c4cnccn4)CC3)cc2)c1. The van der Waals surface area contributed by atoms with Gasteiger partial charge in [0, 0.05) is 55.9 Å². The van der Waals surface area contributed by atoms with Crippen molar-refractivity contribution < 1.29 is 22.7 Å². The van der Waals surface area contributed by atoms with Crippen molar-refractivity contribution in [2.45, 2.75) is 4.90 Å². The van der Waals surface area contributed by atoms with Crippen molar-refractivity contribution in [3.05, 3.63) is 66.6 Å². The van der Waals surface area contributed by atoms with Crippen LogP contribution in [0.3, 0.4) is 0 Å². The fourth-order valence-electron chi connectivity index (χ4n) is 3.61. The quantitative estimate of drug-likeness (QED) is 0.544. The molecule has 2 heterocycles. The second kappa shape index (κ2) is 10.1. The van der Waals surface area contributed by atoms with Crippen molar-refractivity contribution in [1.82, 2.24) is 14.3 Å². The third-order valence-electron chi connectivity index (χ3n) is 5.48. The van der Waals surface area contributed by atoms with Crippen molar-refractivity contribution in [2.24, 2.45) is 0 Å². The molecule has 0 spiro atoms. The first-order valence-corrected chi connectivity index (χ1v) is 12.0. The maximum absolute atomic E-state index is 13.1. The van der Waals surface area contributed by atoms with Crippen molar-refractivity contribution in [3.8, 4) is 11.5 Å². The van der Waals surface area contributed by atoms with Gasteiger partial charge < -0.3 is 19.7 Å². The zero-order chi connectivity index (χ0) is 24.1. The molecule has 0 saturated carbocycles. The van der Waals surface area contributed by atoms with Gasteiger partial charge >= 0.3 is 0 Å². The van der Waals surface area contributed by atoms with Gasteiger partial charge in [-0.15, -0.1) is 0 Å². The second-order valence-corrected chi connectivity index (χ2v) is 9.47. The molecule has 0 bridgehead atoms. The number of methoxy groups -OCH3 is 2. The Hall–Kier alpha value is -3.70. The van der Waals surface area contributed by atoms with Gasteiger partial charge in [0.25, 0.3) is 5.91 Å². The lowest BCUT2D eigenvalue weighted by atomic mass is 10.2. The summed E-state index contributed by atoms with van der Waals surface area (Å²) in [5, 5.41) is 2.77. The van der Waals surface area contributed by atoms with Crippen molar-refractivity contribution in [1.29, 1.82) is 0 Å². The molecule has 1 N–H and O–H groups in total. The molecule has 1 aromatic heterocycles. The number of rotatable bonds is 7. The molecule has 1 fully saturated rings. The Morgan fingerprint density at radius 3 is 2.15 bits per heavy atom. The largest absolute Gasteiger partial charge is 0.497 e. The molecule has 2 aromatic carbocycles. The molecule has 10 nitrogen and oxygen atoms in total. The maximum Gasteiger partial charge on any atom is 0.255 e. The van der Waals surface area contributed by atoms with Crippen LogP contribution in [0.5, 0.6) is 11.5 Å². The Morgan fingerprint density at radius 1 is 0.941 bits per heavy atom. The molecule has 1 amide bonds. The summed E-state index contributed by atoms with van der Waals surface area (Å²) in [6, 6.07) is 11.0. The lowest BCUT2D eigenvalue weighted by Gasteiger charge is -2.34. The van der Waals surface area contributed by atoms with Gasteiger partial charge in [0.2, 0.25) is 10.0 Å². The van der Waals surface area contributed by atoms with Crippen molar-refractivity contribution >= 4 is 27.4 Å². The smallest absolute Gasteiger partial charge is 0.255 e. The fraction of sp³-hybridized carbons (Fsp3) is 0.261. The Labute approximate surface area is 198 Å². The van der Waals surface area contributed by atoms with Crippen LogP contribution in [-0.4, -0.2) is 69.0 Å². The third-order valence-corrected chi connectivity index (χ3v) is 7.39. The number of anilines is 2. The highest BCUT2D eigenvalue weighted by atomic mass is 32.2. The van der Waals surface area contributed by atoms with Gasteiger partial charge in [0.05, 0.1) is 25.3 Å². The van der Waals surface area contributed by atoms with Gasteiger partial charge in [-0.3, -0.25) is 9.78 Å². The number of benzene rings is 2. The third kappa shape index (κ3) is 5.10. The van der Waals surface area contributed by atoms with Crippen LogP contribution in [-0.2, 0) is 10.0 Å². The van der Waals surface area contributed by atoms with E-state index in [-0.39, 0.29) is 10.8 Å². The first-order valence-electron chi connectivity index (χ1n) is 10.6. The van der Waals surface area contributed by atoms with E-state index in [4.69, 9.17) is 9.47 Å². The molecule has 4 rings (SSSR count). The van der Waals surface area contributed by atoms with E-state index >= 15 is 0 Å². The molecular formula is C23H25N5O5S. The van der Waals surface area contributed by atoms with E-state index in [0.717, 1.165) is 5.82 Å². The number of carbonyl (C=O) groups is 1. The molecule has 0 radical (unpaired) electrons. The van der Waals surface area contributed by atoms with Gasteiger partial charge in [-0.25, -0.2) is 13.4 Å². The lowest BCUT2D eigenvalue weighted by Crippen LogP contribution is -2.48. The second-order valence-electron chi connectivity index (χ2n) is 7.53. The molecule has 1 saturated heterocycles. The highest BCUT2D eigenvalue weighted by Gasteiger charge is 2.29. The number of carbonyl (C=O) groups excluding carboxylic acids is 1. The average molecular weight is 484 g/mol. The van der Waals surface area contributed by atoms with Crippen LogP contribution >= 0.6 is 0 Å². The summed E-state index contributed by atoms with van der Waals surface area (Å²) in [6.45, 7) is 1.73. The first kappa shape index (κ1) is 23.5. The summed E-state index contributed by atoms with van der Waals surface area (Å²) in [5.41, 5.74) is 0.826. The maximum atomic E-state index is 13.1. The average Bonchev–Trinajstić information content (AvgIpc) is 2.89. The van der Waals surface area contributed by atoms with E-state index in [1.54, 1.807) is 48.9 Å². The summed E-state index contributed by atoms with van der Waals surface area (Å²) in [4.78, 5) is 23.2. The number of hydrogen-bond acceptors (Lipinski definition) is 8. The first-order chi connectivity index (χ1) is 16.4. The molecule has 178 valence electrons. The molecule has 0 unspecified atom stereocenters. The van der Waals surface area contributed by atoms with Crippen LogP contribution in [0.15, 0.2) is 66.0 Å². The molecule has 1 aliphatic heterocycles. The van der Waals surface area contributed by atoms with Crippen LogP contribution in [0, 0.1) is 0 Å². The summed E-state index contributed by atoms with van der Waals surface area (Å²) in [5.74, 6) is 1.34. The Balaban J connectivity index is 1.41. The number of amides is 1. The predicted octanol–water partition coefficient (Wildman–Crippen LogP) is 2.26. The minimum atomic E-state index is -3.66. The minimum Gasteiger partial charge on any atom is -0.497 e. The van der Waals surface area contributed by atoms with Gasteiger partial charge in [-0.2, -0.15) is 4.31 Å². The van der Waals surface area contributed by atoms with Crippen LogP contribution in [0.1, 0.15) is 10.4 Å². The number of piperazine rings is 1. The Morgan fingerprint density at radius 2 is 1.59 bits per heavy atom. The normalized spacial score (nSPS) is 14.5. The summed E-state index contributed by atoms with van der Waals surface area (Å²) < 4.78 is 38.0. The number of sulfonamides is 1. The van der Waals surface area contributed by atoms with Crippen LogP contribution in [0.25, 0.3) is 0 Å². The number of aromatic nitrogens is 2. The molecular weight excluding hydrogens is 458 g/mol. The highest BCUT2D eigenvalue weighted by molar-refractivity contribution is 7.89. The molecule has 34 heavy (non-hydrogen) atoms. The van der Waals surface area contributed by atoms with Gasteiger partial charge in [0.15, 0.2) is 0 Å². The van der Waals surface area contributed by atoms with Gasteiger partial charge in [0.1, 0.15) is 17.3 Å². The summed E-state index contributed by atoms with van der Waals surface area (Å²) >= 11 is 0. The zero-order valence-corrected chi connectivity index (χ0v) is 19.7. The molecule has 0 atom stereocenters. The van der Waals surface area contributed by atoms with Crippen molar-refractivity contribution in [2.75, 3.05) is 50.6 Å². The van der Waals surface area contributed by atoms with E-state index in [9.17, 15) is 13.2 Å². The molecule has 11 heteroatoms. The number of nitrogens with one attached hydrogen (secondary N) is 1. The summed E-state index contributed by atoms with van der Waals surface area (Å²) in [7, 11) is -0.648. The molecule has 0 aliphatic carbocycles. The van der Waals surface area contributed by atoms with Crippen LogP contribution in [0.4, 0.5) is 11.5 Å². The van der Waals surface area contributed by atoms with Crippen molar-refractivity contribution in [3.63, 3.8) is 0 Å². The number of hydrogen-bond donors (Lipinski definition) is 1. The van der Waals surface area contributed by atoms with E-state index in [2.05, 4.69) is 15.3 Å². The van der Waals surface area contributed by atoms with Gasteiger partial charge in [-0.1, -0.05) is 0 Å². The van der Waals surface area contributed by atoms with E-state index < -0.39 is 10.0 Å². The summed E-state index contributed by atoms with van der Waals surface area (Å²) in [6.07, 6.45) is 4.88. The number of ether oxygens (including phenoxy) is 2. The van der Waals surface area contributed by atoms with Gasteiger partial charge in [-0.05, 0) is 36.4 Å². The standard InChI is InChI=1S/C23H25N5O5S/c1-32-19-13-17(14-20(15-19)33-2)23(29)26-18-3-5-21(6-4-18)34(30,31)28-11-9-27(10-12-28)22-16-24-7-8-25-22/h3-8,13-16H,9-12H2,1-2H3,(H,26,29). The van der Waals surface area contributed by atoms with E-state index in [1.165, 1.54) is 30.7 Å². The molecule has 3 aromatic rings. The Bertz CT molecular complexity index is 1220. The number of nitrogens with zero attached hydrogens (tertiary/aromatic N) is 4. The van der Waals surface area contributed by atoms with E-state index in [0.29, 0.717) is 48.9 Å². The Kier molecular flexibility index (Phi) is 6.94. The van der Waals surface area contributed by atoms with E-state index in [1.807, 2.05) is 4.90 Å². The lowest BCUT2D eigenvalue weighted by molar-refractivity contribution is 0.102.